The lowest BCUT2D eigenvalue weighted by atomic mass is 10.2. The molecule has 1 atom stereocenters. The van der Waals surface area contributed by atoms with Gasteiger partial charge in [-0.2, -0.15) is 10.5 Å². The van der Waals surface area contributed by atoms with Gasteiger partial charge in [-0.3, -0.25) is 0 Å². The van der Waals surface area contributed by atoms with E-state index >= 15 is 0 Å². The van der Waals surface area contributed by atoms with Gasteiger partial charge in [-0.25, -0.2) is 0 Å². The van der Waals surface area contributed by atoms with Gasteiger partial charge in [0.1, 0.15) is 17.7 Å². The summed E-state index contributed by atoms with van der Waals surface area (Å²) in [7, 11) is 0. The van der Waals surface area contributed by atoms with Crippen LogP contribution in [0.25, 0.3) is 0 Å². The molecule has 0 bridgehead atoms. The third-order valence-electron chi connectivity index (χ3n) is 3.31. The van der Waals surface area contributed by atoms with E-state index in [-0.39, 0.29) is 5.57 Å². The van der Waals surface area contributed by atoms with Crippen molar-refractivity contribution in [1.82, 2.24) is 5.32 Å². The molecular weight excluding hydrogens is 236 g/mol. The van der Waals surface area contributed by atoms with E-state index in [1.165, 1.54) is 18.3 Å². The summed E-state index contributed by atoms with van der Waals surface area (Å²) in [6.07, 6.45) is 3.81. The molecule has 96 valence electrons. The van der Waals surface area contributed by atoms with E-state index in [0.29, 0.717) is 6.04 Å². The number of hydrogen-bond acceptors (Lipinski definition) is 4. The van der Waals surface area contributed by atoms with Crippen LogP contribution in [0, 0.1) is 22.7 Å². The number of para-hydroxylation sites is 1. The molecule has 4 nitrogen and oxygen atoms in total. The predicted molar refractivity (Wildman–Crippen MR) is 74.1 cm³/mol. The van der Waals surface area contributed by atoms with Gasteiger partial charge in [-0.1, -0.05) is 18.2 Å². The highest BCUT2D eigenvalue weighted by Gasteiger charge is 2.23. The largest absolute Gasteiger partial charge is 0.387 e. The maximum atomic E-state index is 8.66. The number of rotatable bonds is 4. The zero-order valence-electron chi connectivity index (χ0n) is 10.7. The van der Waals surface area contributed by atoms with Crippen molar-refractivity contribution >= 4 is 5.69 Å². The highest BCUT2D eigenvalue weighted by molar-refractivity contribution is 5.48. The molecule has 1 aromatic carbocycles. The van der Waals surface area contributed by atoms with Crippen molar-refractivity contribution < 1.29 is 0 Å². The molecular formula is C15H16N4. The second-order valence-electron chi connectivity index (χ2n) is 4.51. The Balaban J connectivity index is 1.96. The second kappa shape index (κ2) is 6.47. The van der Waals surface area contributed by atoms with Crippen molar-refractivity contribution in [3.05, 3.63) is 42.1 Å². The van der Waals surface area contributed by atoms with Gasteiger partial charge >= 0.3 is 0 Å². The summed E-state index contributed by atoms with van der Waals surface area (Å²) in [6, 6.07) is 14.4. The standard InChI is InChI=1S/C15H16N4/c16-9-13(10-17)11-18-12-15-7-4-8-19(15)14-5-2-1-3-6-14/h1-3,5-6,11,15,18H,4,7-8,12H2/t15-/m1/s1. The lowest BCUT2D eigenvalue weighted by molar-refractivity contribution is 0.630. The molecule has 4 heteroatoms. The fraction of sp³-hybridized carbons (Fsp3) is 0.333. The van der Waals surface area contributed by atoms with Crippen molar-refractivity contribution in [2.45, 2.75) is 18.9 Å². The van der Waals surface area contributed by atoms with Gasteiger partial charge in [0.15, 0.2) is 0 Å². The SMILES string of the molecule is N#CC(C#N)=CNC[C@H]1CCCN1c1ccccc1. The Bertz CT molecular complexity index is 505. The average molecular weight is 252 g/mol. The summed E-state index contributed by atoms with van der Waals surface area (Å²) in [5.74, 6) is 0. The van der Waals surface area contributed by atoms with Gasteiger partial charge in [-0.15, -0.1) is 0 Å². The molecule has 1 aliphatic rings. The summed E-state index contributed by atoms with van der Waals surface area (Å²) < 4.78 is 0. The minimum absolute atomic E-state index is 0.115. The zero-order chi connectivity index (χ0) is 13.5. The fourth-order valence-corrected chi connectivity index (χ4v) is 2.39. The van der Waals surface area contributed by atoms with Gasteiger partial charge in [0.25, 0.3) is 0 Å². The van der Waals surface area contributed by atoms with Gasteiger partial charge in [0, 0.05) is 31.0 Å². The highest BCUT2D eigenvalue weighted by Crippen LogP contribution is 2.24. The summed E-state index contributed by atoms with van der Waals surface area (Å²) in [4.78, 5) is 2.37. The van der Waals surface area contributed by atoms with Gasteiger partial charge < -0.3 is 10.2 Å². The number of hydrogen-bond donors (Lipinski definition) is 1. The van der Waals surface area contributed by atoms with Crippen molar-refractivity contribution in [2.24, 2.45) is 0 Å². The molecule has 1 heterocycles. The van der Waals surface area contributed by atoms with Crippen molar-refractivity contribution in [2.75, 3.05) is 18.0 Å². The van der Waals surface area contributed by atoms with Crippen LogP contribution in [0.2, 0.25) is 0 Å². The molecule has 0 aliphatic carbocycles. The quantitative estimate of drug-likeness (QED) is 0.834. The first kappa shape index (κ1) is 13.0. The van der Waals surface area contributed by atoms with Crippen LogP contribution in [0.15, 0.2) is 42.1 Å². The predicted octanol–water partition coefficient (Wildman–Crippen LogP) is 2.18. The molecule has 0 aromatic heterocycles. The molecule has 1 aliphatic heterocycles. The Hall–Kier alpha value is -2.46. The number of nitrogens with one attached hydrogen (secondary N) is 1. The molecule has 0 unspecified atom stereocenters. The third kappa shape index (κ3) is 3.26. The van der Waals surface area contributed by atoms with Crippen LogP contribution in [-0.4, -0.2) is 19.1 Å². The van der Waals surface area contributed by atoms with E-state index < -0.39 is 0 Å². The van der Waals surface area contributed by atoms with Crippen molar-refractivity contribution in [3.8, 4) is 12.1 Å². The summed E-state index contributed by atoms with van der Waals surface area (Å²) in [6.45, 7) is 1.81. The number of nitriles is 2. The van der Waals surface area contributed by atoms with E-state index in [1.807, 2.05) is 30.3 Å². The monoisotopic (exact) mass is 252 g/mol. The first-order chi connectivity index (χ1) is 9.35. The molecule has 0 saturated carbocycles. The zero-order valence-corrected chi connectivity index (χ0v) is 10.7. The molecule has 2 rings (SSSR count). The van der Waals surface area contributed by atoms with E-state index in [4.69, 9.17) is 10.5 Å². The van der Waals surface area contributed by atoms with Gasteiger partial charge in [0.05, 0.1) is 0 Å². The van der Waals surface area contributed by atoms with Crippen LogP contribution in [0.4, 0.5) is 5.69 Å². The number of allylic oxidation sites excluding steroid dienone is 1. The minimum atomic E-state index is 0.115. The third-order valence-corrected chi connectivity index (χ3v) is 3.31. The topological polar surface area (TPSA) is 62.9 Å². The van der Waals surface area contributed by atoms with E-state index in [2.05, 4.69) is 22.3 Å². The Morgan fingerprint density at radius 1 is 1.32 bits per heavy atom. The first-order valence-corrected chi connectivity index (χ1v) is 6.40. The van der Waals surface area contributed by atoms with Crippen LogP contribution in [-0.2, 0) is 0 Å². The summed E-state index contributed by atoms with van der Waals surface area (Å²) in [5, 5.41) is 20.4. The van der Waals surface area contributed by atoms with Crippen molar-refractivity contribution in [1.29, 1.82) is 10.5 Å². The summed E-state index contributed by atoms with van der Waals surface area (Å²) >= 11 is 0. The first-order valence-electron chi connectivity index (χ1n) is 6.40. The fourth-order valence-electron chi connectivity index (χ4n) is 2.39. The normalized spacial score (nSPS) is 17.4. The minimum Gasteiger partial charge on any atom is -0.387 e. The highest BCUT2D eigenvalue weighted by atomic mass is 15.2. The molecule has 1 aromatic rings. The molecule has 1 N–H and O–H groups in total. The van der Waals surface area contributed by atoms with Crippen LogP contribution in [0.3, 0.4) is 0 Å². The van der Waals surface area contributed by atoms with E-state index in [1.54, 1.807) is 0 Å². The Labute approximate surface area is 113 Å². The molecule has 0 radical (unpaired) electrons. The summed E-state index contributed by atoms with van der Waals surface area (Å²) in [5.41, 5.74) is 1.35. The lowest BCUT2D eigenvalue weighted by Crippen LogP contribution is -2.36. The Morgan fingerprint density at radius 3 is 2.74 bits per heavy atom. The Morgan fingerprint density at radius 2 is 2.05 bits per heavy atom. The van der Waals surface area contributed by atoms with Crippen LogP contribution in [0.5, 0.6) is 0 Å². The van der Waals surface area contributed by atoms with Gasteiger partial charge in [-0.05, 0) is 25.0 Å². The van der Waals surface area contributed by atoms with Gasteiger partial charge in [0.2, 0.25) is 0 Å². The molecule has 1 saturated heterocycles. The maximum Gasteiger partial charge on any atom is 0.145 e. The number of benzene rings is 1. The molecule has 0 spiro atoms. The Kier molecular flexibility index (Phi) is 4.42. The molecule has 0 amide bonds. The number of nitrogens with zero attached hydrogens (tertiary/aromatic N) is 3. The molecule has 19 heavy (non-hydrogen) atoms. The van der Waals surface area contributed by atoms with Crippen molar-refractivity contribution in [3.63, 3.8) is 0 Å². The lowest BCUT2D eigenvalue weighted by Gasteiger charge is -2.26. The average Bonchev–Trinajstić information content (AvgIpc) is 2.93. The van der Waals surface area contributed by atoms with Crippen LogP contribution >= 0.6 is 0 Å². The second-order valence-corrected chi connectivity index (χ2v) is 4.51. The smallest absolute Gasteiger partial charge is 0.145 e. The van der Waals surface area contributed by atoms with E-state index in [0.717, 1.165) is 19.5 Å². The maximum absolute atomic E-state index is 8.66. The number of anilines is 1. The molecule has 1 fully saturated rings. The van der Waals surface area contributed by atoms with E-state index in [9.17, 15) is 0 Å². The van der Waals surface area contributed by atoms with Crippen LogP contribution in [0.1, 0.15) is 12.8 Å². The van der Waals surface area contributed by atoms with Crippen LogP contribution < -0.4 is 10.2 Å².